The van der Waals surface area contributed by atoms with Crippen LogP contribution in [-0.2, 0) is 11.2 Å². The highest BCUT2D eigenvalue weighted by Gasteiger charge is 2.31. The Morgan fingerprint density at radius 1 is 1.50 bits per heavy atom. The van der Waals surface area contributed by atoms with Crippen LogP contribution in [0.2, 0.25) is 0 Å². The average molecular weight is 219 g/mol. The first kappa shape index (κ1) is 11.0. The molecule has 1 aliphatic rings. The molecule has 2 rings (SSSR count). The number of aliphatic carboxylic acids is 1. The van der Waals surface area contributed by atoms with Gasteiger partial charge in [-0.1, -0.05) is 25.1 Å². The number of nitrogens with one attached hydrogen (secondary N) is 1. The van der Waals surface area contributed by atoms with Gasteiger partial charge in [0.15, 0.2) is 0 Å². The predicted octanol–water partition coefficient (Wildman–Crippen LogP) is 2.62. The molecule has 1 heterocycles. The van der Waals surface area contributed by atoms with Crippen LogP contribution >= 0.6 is 0 Å². The Labute approximate surface area is 95.5 Å². The van der Waals surface area contributed by atoms with Crippen molar-refractivity contribution in [1.82, 2.24) is 0 Å². The van der Waals surface area contributed by atoms with Crippen LogP contribution in [0.1, 0.15) is 37.3 Å². The molecule has 0 spiro atoms. The maximum absolute atomic E-state index is 10.8. The van der Waals surface area contributed by atoms with E-state index in [1.54, 1.807) is 0 Å². The van der Waals surface area contributed by atoms with Crippen molar-refractivity contribution in [2.75, 3.05) is 5.32 Å². The summed E-state index contributed by atoms with van der Waals surface area (Å²) >= 11 is 0. The zero-order valence-electron chi connectivity index (χ0n) is 9.66. The summed E-state index contributed by atoms with van der Waals surface area (Å²) in [5.74, 6) is -0.632. The molecular formula is C13H17NO2. The minimum absolute atomic E-state index is 0.0963. The van der Waals surface area contributed by atoms with E-state index in [9.17, 15) is 4.79 Å². The molecule has 0 saturated heterocycles. The zero-order valence-corrected chi connectivity index (χ0v) is 9.66. The summed E-state index contributed by atoms with van der Waals surface area (Å²) in [6.45, 7) is 4.17. The fraction of sp³-hybridized carbons (Fsp3) is 0.462. The summed E-state index contributed by atoms with van der Waals surface area (Å²) in [5.41, 5.74) is 3.59. The van der Waals surface area contributed by atoms with Gasteiger partial charge >= 0.3 is 5.97 Å². The number of carbonyl (C=O) groups is 1. The Balaban J connectivity index is 2.37. The molecule has 0 aliphatic carbocycles. The SMILES string of the molecule is CCc1cccc2c1NC(C)C2CC(=O)O. The third-order valence-corrected chi connectivity index (χ3v) is 3.33. The minimum Gasteiger partial charge on any atom is -0.481 e. The number of rotatable bonds is 3. The van der Waals surface area contributed by atoms with Gasteiger partial charge in [0.05, 0.1) is 6.42 Å². The Kier molecular flexibility index (Phi) is 2.86. The van der Waals surface area contributed by atoms with Gasteiger partial charge in [-0.2, -0.15) is 0 Å². The number of anilines is 1. The highest BCUT2D eigenvalue weighted by atomic mass is 16.4. The molecule has 16 heavy (non-hydrogen) atoms. The Morgan fingerprint density at radius 2 is 2.25 bits per heavy atom. The lowest BCUT2D eigenvalue weighted by Gasteiger charge is -2.13. The molecule has 86 valence electrons. The minimum atomic E-state index is -0.728. The molecule has 2 unspecified atom stereocenters. The van der Waals surface area contributed by atoms with Gasteiger partial charge < -0.3 is 10.4 Å². The molecule has 1 aliphatic heterocycles. The summed E-state index contributed by atoms with van der Waals surface area (Å²) in [4.78, 5) is 10.8. The van der Waals surface area contributed by atoms with Crippen molar-refractivity contribution in [2.24, 2.45) is 0 Å². The van der Waals surface area contributed by atoms with Gasteiger partial charge in [-0.15, -0.1) is 0 Å². The highest BCUT2D eigenvalue weighted by Crippen LogP contribution is 2.40. The van der Waals surface area contributed by atoms with Crippen LogP contribution in [0, 0.1) is 0 Å². The molecule has 1 aromatic rings. The van der Waals surface area contributed by atoms with E-state index in [0.29, 0.717) is 0 Å². The summed E-state index contributed by atoms with van der Waals surface area (Å²) in [7, 11) is 0. The molecule has 0 radical (unpaired) electrons. The lowest BCUT2D eigenvalue weighted by atomic mass is 9.91. The van der Waals surface area contributed by atoms with Crippen LogP contribution in [-0.4, -0.2) is 17.1 Å². The number of carboxylic acid groups (broad SMARTS) is 1. The summed E-state index contributed by atoms with van der Waals surface area (Å²) in [6.07, 6.45) is 1.18. The maximum atomic E-state index is 10.8. The predicted molar refractivity (Wildman–Crippen MR) is 63.9 cm³/mol. The quantitative estimate of drug-likeness (QED) is 0.821. The van der Waals surface area contributed by atoms with Crippen molar-refractivity contribution < 1.29 is 9.90 Å². The molecule has 0 bridgehead atoms. The van der Waals surface area contributed by atoms with Gasteiger partial charge in [0.1, 0.15) is 0 Å². The number of benzene rings is 1. The standard InChI is InChI=1S/C13H17NO2/c1-3-9-5-4-6-10-11(7-12(15)16)8(2)14-13(9)10/h4-6,8,11,14H,3,7H2,1-2H3,(H,15,16). The van der Waals surface area contributed by atoms with Crippen molar-refractivity contribution >= 4 is 11.7 Å². The van der Waals surface area contributed by atoms with Gasteiger partial charge in [-0.25, -0.2) is 0 Å². The number of para-hydroxylation sites is 1. The Hall–Kier alpha value is -1.51. The summed E-state index contributed by atoms with van der Waals surface area (Å²) < 4.78 is 0. The molecular weight excluding hydrogens is 202 g/mol. The Bertz CT molecular complexity index is 414. The smallest absolute Gasteiger partial charge is 0.304 e. The Morgan fingerprint density at radius 3 is 2.88 bits per heavy atom. The molecule has 0 aromatic heterocycles. The van der Waals surface area contributed by atoms with Crippen LogP contribution in [0.15, 0.2) is 18.2 Å². The van der Waals surface area contributed by atoms with Gasteiger partial charge in [0.2, 0.25) is 0 Å². The van der Waals surface area contributed by atoms with Crippen molar-refractivity contribution in [1.29, 1.82) is 0 Å². The van der Waals surface area contributed by atoms with E-state index >= 15 is 0 Å². The monoisotopic (exact) mass is 219 g/mol. The lowest BCUT2D eigenvalue weighted by Crippen LogP contribution is -2.18. The van der Waals surface area contributed by atoms with Crippen molar-refractivity contribution in [2.45, 2.75) is 38.6 Å². The van der Waals surface area contributed by atoms with Crippen molar-refractivity contribution in [3.05, 3.63) is 29.3 Å². The van der Waals surface area contributed by atoms with Gasteiger partial charge in [0.25, 0.3) is 0 Å². The van der Waals surface area contributed by atoms with Crippen LogP contribution in [0.4, 0.5) is 5.69 Å². The largest absolute Gasteiger partial charge is 0.481 e. The normalized spacial score (nSPS) is 22.6. The van der Waals surface area contributed by atoms with Crippen LogP contribution in [0.3, 0.4) is 0 Å². The highest BCUT2D eigenvalue weighted by molar-refractivity contribution is 5.72. The first-order chi connectivity index (χ1) is 7.63. The fourth-order valence-electron chi connectivity index (χ4n) is 2.47. The molecule has 0 fully saturated rings. The second kappa shape index (κ2) is 4.16. The first-order valence-electron chi connectivity index (χ1n) is 5.73. The molecule has 0 saturated carbocycles. The van der Waals surface area contributed by atoms with Crippen LogP contribution < -0.4 is 5.32 Å². The fourth-order valence-corrected chi connectivity index (χ4v) is 2.47. The molecule has 0 amide bonds. The van der Waals surface area contributed by atoms with Crippen molar-refractivity contribution in [3.8, 4) is 0 Å². The van der Waals surface area contributed by atoms with Gasteiger partial charge in [0, 0.05) is 17.6 Å². The average Bonchev–Trinajstić information content (AvgIpc) is 2.55. The second-order valence-electron chi connectivity index (χ2n) is 4.37. The summed E-state index contributed by atoms with van der Waals surface area (Å²) in [5, 5.41) is 12.3. The number of aryl methyl sites for hydroxylation is 1. The van der Waals surface area contributed by atoms with E-state index in [0.717, 1.165) is 17.7 Å². The second-order valence-corrected chi connectivity index (χ2v) is 4.37. The van der Waals surface area contributed by atoms with Crippen LogP contribution in [0.5, 0.6) is 0 Å². The molecule has 2 N–H and O–H groups in total. The van der Waals surface area contributed by atoms with E-state index in [1.165, 1.54) is 5.56 Å². The lowest BCUT2D eigenvalue weighted by molar-refractivity contribution is -0.137. The van der Waals surface area contributed by atoms with E-state index in [4.69, 9.17) is 5.11 Å². The first-order valence-corrected chi connectivity index (χ1v) is 5.73. The number of hydrogen-bond acceptors (Lipinski definition) is 2. The van der Waals surface area contributed by atoms with E-state index in [-0.39, 0.29) is 18.4 Å². The van der Waals surface area contributed by atoms with Crippen LogP contribution in [0.25, 0.3) is 0 Å². The third kappa shape index (κ3) is 1.77. The zero-order chi connectivity index (χ0) is 11.7. The third-order valence-electron chi connectivity index (χ3n) is 3.33. The number of carboxylic acids is 1. The molecule has 3 heteroatoms. The van der Waals surface area contributed by atoms with E-state index < -0.39 is 5.97 Å². The number of hydrogen-bond donors (Lipinski definition) is 2. The molecule has 1 aromatic carbocycles. The van der Waals surface area contributed by atoms with Gasteiger partial charge in [-0.05, 0) is 24.5 Å². The topological polar surface area (TPSA) is 49.3 Å². The van der Waals surface area contributed by atoms with Crippen molar-refractivity contribution in [3.63, 3.8) is 0 Å². The molecule has 2 atom stereocenters. The molecule has 3 nitrogen and oxygen atoms in total. The maximum Gasteiger partial charge on any atom is 0.304 e. The van der Waals surface area contributed by atoms with E-state index in [1.807, 2.05) is 19.1 Å². The van der Waals surface area contributed by atoms with Gasteiger partial charge in [-0.3, -0.25) is 4.79 Å². The van der Waals surface area contributed by atoms with E-state index in [2.05, 4.69) is 18.3 Å². The summed E-state index contributed by atoms with van der Waals surface area (Å²) in [6, 6.07) is 6.37. The number of fused-ring (bicyclic) bond motifs is 1.